The van der Waals surface area contributed by atoms with Crippen LogP contribution in [-0.4, -0.2) is 31.7 Å². The van der Waals surface area contributed by atoms with Gasteiger partial charge < -0.3 is 10.6 Å². The Labute approximate surface area is 178 Å². The molecule has 2 N–H and O–H groups in total. The molecule has 31 heavy (non-hydrogen) atoms. The number of imidazole rings is 1. The van der Waals surface area contributed by atoms with E-state index in [-0.39, 0.29) is 23.3 Å². The SMILES string of the molecule is Nc1nc2cc(F)c(C(=O)N3CCCC4CCc5ccccc5C43)cc2n2cncc12. The van der Waals surface area contributed by atoms with Crippen molar-refractivity contribution in [1.29, 1.82) is 0 Å². The lowest BCUT2D eigenvalue weighted by Gasteiger charge is -2.45. The molecule has 156 valence electrons. The van der Waals surface area contributed by atoms with Crippen molar-refractivity contribution in [3.8, 4) is 0 Å². The molecule has 2 aromatic carbocycles. The summed E-state index contributed by atoms with van der Waals surface area (Å²) in [7, 11) is 0. The number of likely N-dealkylation sites (tertiary alicyclic amines) is 1. The second-order valence-electron chi connectivity index (χ2n) is 8.55. The molecule has 6 nitrogen and oxygen atoms in total. The van der Waals surface area contributed by atoms with Crippen LogP contribution < -0.4 is 5.73 Å². The Hall–Kier alpha value is -3.48. The summed E-state index contributed by atoms with van der Waals surface area (Å²) < 4.78 is 16.9. The van der Waals surface area contributed by atoms with Gasteiger partial charge in [0.25, 0.3) is 5.91 Å². The summed E-state index contributed by atoms with van der Waals surface area (Å²) in [5.74, 6) is -0.148. The third-order valence-corrected chi connectivity index (χ3v) is 6.87. The van der Waals surface area contributed by atoms with Crippen LogP contribution in [0.15, 0.2) is 48.9 Å². The number of aromatic nitrogens is 3. The number of benzene rings is 2. The number of piperidine rings is 1. The molecule has 2 aromatic heterocycles. The average Bonchev–Trinajstić information content (AvgIpc) is 3.29. The van der Waals surface area contributed by atoms with Crippen molar-refractivity contribution in [2.45, 2.75) is 31.7 Å². The Balaban J connectivity index is 1.48. The molecular formula is C24H22FN5O. The fourth-order valence-corrected chi connectivity index (χ4v) is 5.43. The monoisotopic (exact) mass is 415 g/mol. The molecule has 0 radical (unpaired) electrons. The normalized spacial score (nSPS) is 20.6. The number of carbonyl (C=O) groups excluding carboxylic acids is 1. The molecule has 4 aromatic rings. The zero-order chi connectivity index (χ0) is 21.1. The number of nitrogens with two attached hydrogens (primary N) is 1. The van der Waals surface area contributed by atoms with Gasteiger partial charge in [-0.1, -0.05) is 24.3 Å². The van der Waals surface area contributed by atoms with Crippen LogP contribution in [0, 0.1) is 11.7 Å². The summed E-state index contributed by atoms with van der Waals surface area (Å²) in [4.78, 5) is 24.0. The predicted molar refractivity (Wildman–Crippen MR) is 116 cm³/mol. The number of fused-ring (bicyclic) bond motifs is 6. The van der Waals surface area contributed by atoms with E-state index in [1.807, 2.05) is 17.0 Å². The van der Waals surface area contributed by atoms with Crippen molar-refractivity contribution in [3.05, 3.63) is 71.4 Å². The van der Waals surface area contributed by atoms with E-state index in [4.69, 9.17) is 5.73 Å². The first-order valence-corrected chi connectivity index (χ1v) is 10.7. The highest BCUT2D eigenvalue weighted by Gasteiger charge is 2.39. The molecule has 1 aliphatic heterocycles. The Kier molecular flexibility index (Phi) is 4.00. The van der Waals surface area contributed by atoms with E-state index >= 15 is 4.39 Å². The lowest BCUT2D eigenvalue weighted by atomic mass is 9.74. The largest absolute Gasteiger partial charge is 0.382 e. The summed E-state index contributed by atoms with van der Waals surface area (Å²) in [6.07, 6.45) is 7.35. The zero-order valence-electron chi connectivity index (χ0n) is 17.0. The van der Waals surface area contributed by atoms with Gasteiger partial charge in [-0.15, -0.1) is 0 Å². The number of rotatable bonds is 1. The molecule has 1 amide bonds. The van der Waals surface area contributed by atoms with Crippen LogP contribution in [0.2, 0.25) is 0 Å². The fraction of sp³-hybridized carbons (Fsp3) is 0.292. The van der Waals surface area contributed by atoms with E-state index in [0.717, 1.165) is 25.7 Å². The maximum atomic E-state index is 15.1. The molecule has 2 unspecified atom stereocenters. The quantitative estimate of drug-likeness (QED) is 0.507. The van der Waals surface area contributed by atoms with Crippen molar-refractivity contribution < 1.29 is 9.18 Å². The molecule has 1 saturated heterocycles. The lowest BCUT2D eigenvalue weighted by Crippen LogP contribution is -2.45. The van der Waals surface area contributed by atoms with Gasteiger partial charge >= 0.3 is 0 Å². The molecule has 2 aliphatic rings. The van der Waals surface area contributed by atoms with E-state index in [1.165, 1.54) is 17.2 Å². The molecule has 1 fully saturated rings. The van der Waals surface area contributed by atoms with Crippen LogP contribution in [0.3, 0.4) is 0 Å². The van der Waals surface area contributed by atoms with Gasteiger partial charge in [-0.3, -0.25) is 9.20 Å². The Bertz CT molecular complexity index is 1350. The van der Waals surface area contributed by atoms with Crippen LogP contribution in [0.1, 0.15) is 46.8 Å². The van der Waals surface area contributed by atoms with Gasteiger partial charge in [-0.05, 0) is 48.8 Å². The number of nitrogen functional groups attached to an aromatic ring is 1. The van der Waals surface area contributed by atoms with Crippen LogP contribution in [-0.2, 0) is 6.42 Å². The highest BCUT2D eigenvalue weighted by molar-refractivity contribution is 5.98. The lowest BCUT2D eigenvalue weighted by molar-refractivity contribution is 0.0451. The molecule has 3 heterocycles. The van der Waals surface area contributed by atoms with Gasteiger partial charge in [-0.25, -0.2) is 14.4 Å². The maximum Gasteiger partial charge on any atom is 0.257 e. The van der Waals surface area contributed by atoms with Gasteiger partial charge in [-0.2, -0.15) is 0 Å². The van der Waals surface area contributed by atoms with Crippen LogP contribution in [0.25, 0.3) is 16.6 Å². The Morgan fingerprint density at radius 1 is 1.16 bits per heavy atom. The summed E-state index contributed by atoms with van der Waals surface area (Å²) in [5, 5.41) is 0. The van der Waals surface area contributed by atoms with Gasteiger partial charge in [0.15, 0.2) is 0 Å². The number of hydrogen-bond donors (Lipinski definition) is 1. The molecule has 7 heteroatoms. The topological polar surface area (TPSA) is 76.5 Å². The molecule has 6 rings (SSSR count). The first-order chi connectivity index (χ1) is 15.1. The number of anilines is 1. The summed E-state index contributed by atoms with van der Waals surface area (Å²) in [6, 6.07) is 11.2. The zero-order valence-corrected chi connectivity index (χ0v) is 17.0. The molecule has 0 spiro atoms. The minimum absolute atomic E-state index is 0.000830. The summed E-state index contributed by atoms with van der Waals surface area (Å²) in [5.41, 5.74) is 10.2. The number of halogens is 1. The molecule has 0 bridgehead atoms. The van der Waals surface area contributed by atoms with Crippen LogP contribution >= 0.6 is 0 Å². The van der Waals surface area contributed by atoms with Crippen LogP contribution in [0.5, 0.6) is 0 Å². The number of aryl methyl sites for hydroxylation is 1. The van der Waals surface area contributed by atoms with E-state index in [2.05, 4.69) is 22.1 Å². The highest BCUT2D eigenvalue weighted by Crippen LogP contribution is 2.44. The second kappa shape index (κ2) is 6.77. The molecule has 1 aliphatic carbocycles. The minimum Gasteiger partial charge on any atom is -0.382 e. The summed E-state index contributed by atoms with van der Waals surface area (Å²) >= 11 is 0. The standard InChI is InChI=1S/C24H22FN5O/c25-18-11-19-20(30-13-27-12-21(30)23(26)28-19)10-17(18)24(31)29-9-3-5-15-8-7-14-4-1-2-6-16(14)22(15)29/h1-2,4,6,10-13,15,22H,3,5,7-9H2,(H2,26,28). The third kappa shape index (κ3) is 2.72. The van der Waals surface area contributed by atoms with E-state index < -0.39 is 5.82 Å². The van der Waals surface area contributed by atoms with Gasteiger partial charge in [0, 0.05) is 12.6 Å². The van der Waals surface area contributed by atoms with Crippen molar-refractivity contribution >= 4 is 28.3 Å². The van der Waals surface area contributed by atoms with Crippen molar-refractivity contribution in [2.75, 3.05) is 12.3 Å². The highest BCUT2D eigenvalue weighted by atomic mass is 19.1. The van der Waals surface area contributed by atoms with Crippen molar-refractivity contribution in [2.24, 2.45) is 5.92 Å². The van der Waals surface area contributed by atoms with Crippen LogP contribution in [0.4, 0.5) is 10.2 Å². The fourth-order valence-electron chi connectivity index (χ4n) is 5.43. The average molecular weight is 415 g/mol. The minimum atomic E-state index is -0.574. The second-order valence-corrected chi connectivity index (χ2v) is 8.55. The first-order valence-electron chi connectivity index (χ1n) is 10.7. The van der Waals surface area contributed by atoms with E-state index in [1.54, 1.807) is 23.0 Å². The van der Waals surface area contributed by atoms with Crippen molar-refractivity contribution in [3.63, 3.8) is 0 Å². The molecular weight excluding hydrogens is 393 g/mol. The number of hydrogen-bond acceptors (Lipinski definition) is 4. The third-order valence-electron chi connectivity index (χ3n) is 6.87. The van der Waals surface area contributed by atoms with E-state index in [0.29, 0.717) is 29.0 Å². The first kappa shape index (κ1) is 18.3. The Morgan fingerprint density at radius 3 is 2.94 bits per heavy atom. The summed E-state index contributed by atoms with van der Waals surface area (Å²) in [6.45, 7) is 0.631. The predicted octanol–water partition coefficient (Wildman–Crippen LogP) is 4.14. The number of carbonyl (C=O) groups is 1. The van der Waals surface area contributed by atoms with Gasteiger partial charge in [0.1, 0.15) is 17.2 Å². The van der Waals surface area contributed by atoms with Crippen molar-refractivity contribution in [1.82, 2.24) is 19.3 Å². The molecule has 2 atom stereocenters. The van der Waals surface area contributed by atoms with E-state index in [9.17, 15) is 4.79 Å². The molecule has 0 saturated carbocycles. The maximum absolute atomic E-state index is 15.1. The van der Waals surface area contributed by atoms with Gasteiger partial charge in [0.2, 0.25) is 0 Å². The smallest absolute Gasteiger partial charge is 0.257 e. The van der Waals surface area contributed by atoms with Gasteiger partial charge in [0.05, 0.1) is 35.2 Å². The Morgan fingerprint density at radius 2 is 2.03 bits per heavy atom. The number of amides is 1. The number of nitrogens with zero attached hydrogens (tertiary/aromatic N) is 4.